The van der Waals surface area contributed by atoms with Gasteiger partial charge in [-0.15, -0.1) is 0 Å². The van der Waals surface area contributed by atoms with Crippen molar-refractivity contribution in [1.29, 1.82) is 0 Å². The van der Waals surface area contributed by atoms with Crippen molar-refractivity contribution in [2.24, 2.45) is 0 Å². The quantitative estimate of drug-likeness (QED) is 0.302. The minimum atomic E-state index is -4.02. The second-order valence-corrected chi connectivity index (χ2v) is 10.4. The van der Waals surface area contributed by atoms with Crippen LogP contribution >= 0.6 is 46.1 Å². The van der Waals surface area contributed by atoms with E-state index in [2.05, 4.69) is 9.71 Å². The lowest BCUT2D eigenvalue weighted by Crippen LogP contribution is -2.14. The molecule has 0 aliphatic carbocycles. The maximum absolute atomic E-state index is 13.4. The first-order chi connectivity index (χ1) is 14.6. The lowest BCUT2D eigenvalue weighted by molar-refractivity contribution is 0.480. The number of ether oxygens (including phenoxy) is 1. The zero-order chi connectivity index (χ0) is 22.3. The molecule has 4 rings (SSSR count). The average molecular weight is 518 g/mol. The molecule has 0 saturated carbocycles. The van der Waals surface area contributed by atoms with Crippen LogP contribution in [0.2, 0.25) is 15.1 Å². The van der Waals surface area contributed by atoms with Crippen molar-refractivity contribution in [2.75, 3.05) is 4.72 Å². The molecule has 3 aromatic carbocycles. The number of hydrogen-bond donors (Lipinski definition) is 1. The van der Waals surface area contributed by atoms with Gasteiger partial charge in [-0.2, -0.15) is 0 Å². The van der Waals surface area contributed by atoms with Gasteiger partial charge in [0.2, 0.25) is 0 Å². The van der Waals surface area contributed by atoms with E-state index in [9.17, 15) is 12.8 Å². The lowest BCUT2D eigenvalue weighted by Gasteiger charge is -2.12. The summed E-state index contributed by atoms with van der Waals surface area (Å²) in [6.45, 7) is 1.67. The van der Waals surface area contributed by atoms with Crippen molar-refractivity contribution in [3.63, 3.8) is 0 Å². The normalized spacial score (nSPS) is 11.6. The molecule has 0 aliphatic rings. The topological polar surface area (TPSA) is 68.3 Å². The van der Waals surface area contributed by atoms with Crippen LogP contribution < -0.4 is 9.46 Å². The van der Waals surface area contributed by atoms with E-state index >= 15 is 0 Å². The number of benzene rings is 3. The van der Waals surface area contributed by atoms with Crippen LogP contribution in [0.5, 0.6) is 10.9 Å². The van der Waals surface area contributed by atoms with E-state index in [1.807, 2.05) is 0 Å². The Morgan fingerprint density at radius 2 is 1.81 bits per heavy atom. The third-order valence-corrected chi connectivity index (χ3v) is 7.53. The molecule has 0 spiro atoms. The summed E-state index contributed by atoms with van der Waals surface area (Å²) >= 11 is 19.4. The Balaban J connectivity index is 1.63. The Morgan fingerprint density at radius 3 is 2.58 bits per heavy atom. The summed E-state index contributed by atoms with van der Waals surface area (Å²) in [4.78, 5) is 4.16. The summed E-state index contributed by atoms with van der Waals surface area (Å²) in [6, 6.07) is 11.3. The summed E-state index contributed by atoms with van der Waals surface area (Å²) in [5.74, 6) is -0.124. The van der Waals surface area contributed by atoms with Gasteiger partial charge in [-0.3, -0.25) is 4.72 Å². The number of fused-ring (bicyclic) bond motifs is 1. The van der Waals surface area contributed by atoms with Crippen LogP contribution in [0.1, 0.15) is 5.56 Å². The van der Waals surface area contributed by atoms with Gasteiger partial charge in [-0.25, -0.2) is 17.8 Å². The minimum absolute atomic E-state index is 0.0108. The van der Waals surface area contributed by atoms with Crippen LogP contribution in [0.15, 0.2) is 53.4 Å². The van der Waals surface area contributed by atoms with E-state index in [1.165, 1.54) is 42.5 Å². The number of nitrogens with zero attached hydrogens (tertiary/aromatic N) is 1. The van der Waals surface area contributed by atoms with Gasteiger partial charge < -0.3 is 4.74 Å². The number of rotatable bonds is 5. The molecule has 0 saturated heterocycles. The van der Waals surface area contributed by atoms with Crippen LogP contribution in [0, 0.1) is 12.7 Å². The van der Waals surface area contributed by atoms with Crippen molar-refractivity contribution in [3.05, 3.63) is 75.0 Å². The largest absolute Gasteiger partial charge is 0.431 e. The van der Waals surface area contributed by atoms with Gasteiger partial charge in [0.1, 0.15) is 16.5 Å². The fourth-order valence-electron chi connectivity index (χ4n) is 2.75. The first-order valence-electron chi connectivity index (χ1n) is 8.64. The number of aromatic nitrogens is 1. The molecule has 160 valence electrons. The van der Waals surface area contributed by atoms with Crippen LogP contribution in [0.25, 0.3) is 10.2 Å². The standard InChI is InChI=1S/C20H12Cl3FN2O3S2/c1-10-4-19(16(23)9-15(10)22)31(27,28)26-13-5-11(21)6-14(8-13)29-20-25-17-3-2-12(24)7-18(17)30-20/h2-9,26H,1H3. The van der Waals surface area contributed by atoms with Crippen LogP contribution in [0.3, 0.4) is 0 Å². The Hall–Kier alpha value is -2.10. The fraction of sp³-hybridized carbons (Fsp3) is 0.0500. The van der Waals surface area contributed by atoms with Crippen molar-refractivity contribution in [1.82, 2.24) is 4.98 Å². The molecule has 0 atom stereocenters. The minimum Gasteiger partial charge on any atom is -0.431 e. The molecular formula is C20H12Cl3FN2O3S2. The smallest absolute Gasteiger partial charge is 0.279 e. The van der Waals surface area contributed by atoms with Crippen molar-refractivity contribution in [3.8, 4) is 10.9 Å². The van der Waals surface area contributed by atoms with E-state index in [1.54, 1.807) is 13.0 Å². The van der Waals surface area contributed by atoms with Crippen molar-refractivity contribution in [2.45, 2.75) is 11.8 Å². The predicted octanol–water partition coefficient (Wildman–Crippen LogP) is 7.30. The lowest BCUT2D eigenvalue weighted by atomic mass is 10.2. The molecule has 0 amide bonds. The molecule has 31 heavy (non-hydrogen) atoms. The van der Waals surface area contributed by atoms with Crippen molar-refractivity contribution < 1.29 is 17.5 Å². The molecule has 5 nitrogen and oxygen atoms in total. The second kappa shape index (κ2) is 8.44. The molecule has 0 aliphatic heterocycles. The first kappa shape index (κ1) is 22.1. The summed E-state index contributed by atoms with van der Waals surface area (Å²) in [7, 11) is -4.02. The Labute approximate surface area is 196 Å². The molecule has 1 aromatic heterocycles. The van der Waals surface area contributed by atoms with E-state index in [4.69, 9.17) is 39.5 Å². The van der Waals surface area contributed by atoms with E-state index in [0.29, 0.717) is 20.8 Å². The summed E-state index contributed by atoms with van der Waals surface area (Å²) in [5.41, 5.74) is 1.31. The maximum Gasteiger partial charge on any atom is 0.279 e. The highest BCUT2D eigenvalue weighted by molar-refractivity contribution is 7.92. The van der Waals surface area contributed by atoms with Crippen LogP contribution in [-0.2, 0) is 10.0 Å². The summed E-state index contributed by atoms with van der Waals surface area (Å²) < 4.78 is 47.9. The Bertz CT molecular complexity index is 1420. The summed E-state index contributed by atoms with van der Waals surface area (Å²) in [5, 5.41) is 0.843. The Kier molecular flexibility index (Phi) is 6.02. The van der Waals surface area contributed by atoms with Gasteiger partial charge in [0.15, 0.2) is 0 Å². The number of nitrogens with one attached hydrogen (secondary N) is 1. The van der Waals surface area contributed by atoms with E-state index in [0.717, 1.165) is 11.3 Å². The molecular weight excluding hydrogens is 506 g/mol. The van der Waals surface area contributed by atoms with Crippen LogP contribution in [0.4, 0.5) is 10.1 Å². The molecule has 0 bridgehead atoms. The van der Waals surface area contributed by atoms with Gasteiger partial charge in [0.25, 0.3) is 15.2 Å². The number of hydrogen-bond acceptors (Lipinski definition) is 5. The highest BCUT2D eigenvalue weighted by atomic mass is 35.5. The molecule has 0 unspecified atom stereocenters. The third kappa shape index (κ3) is 4.88. The first-order valence-corrected chi connectivity index (χ1v) is 12.1. The van der Waals surface area contributed by atoms with E-state index < -0.39 is 10.0 Å². The second-order valence-electron chi connectivity index (χ2n) is 6.51. The zero-order valence-corrected chi connectivity index (χ0v) is 19.5. The zero-order valence-electron chi connectivity index (χ0n) is 15.6. The number of aryl methyl sites for hydroxylation is 1. The molecule has 4 aromatic rings. The third-order valence-electron chi connectivity index (χ3n) is 4.16. The highest BCUT2D eigenvalue weighted by Crippen LogP contribution is 2.35. The molecule has 0 radical (unpaired) electrons. The van der Waals surface area contributed by atoms with Gasteiger partial charge in [-0.05, 0) is 55.0 Å². The molecule has 11 heteroatoms. The van der Waals surface area contributed by atoms with Crippen molar-refractivity contribution >= 4 is 72.1 Å². The number of sulfonamides is 1. The monoisotopic (exact) mass is 516 g/mol. The molecule has 1 heterocycles. The number of halogens is 4. The fourth-order valence-corrected chi connectivity index (χ4v) is 5.71. The predicted molar refractivity (Wildman–Crippen MR) is 123 cm³/mol. The number of thiazole rings is 1. The SMILES string of the molecule is Cc1cc(S(=O)(=O)Nc2cc(Cl)cc(Oc3nc4ccc(F)cc4s3)c2)c(Cl)cc1Cl. The average Bonchev–Trinajstić information content (AvgIpc) is 3.04. The van der Waals surface area contributed by atoms with Crippen LogP contribution in [-0.4, -0.2) is 13.4 Å². The van der Waals surface area contributed by atoms with Gasteiger partial charge in [0.05, 0.1) is 20.9 Å². The highest BCUT2D eigenvalue weighted by Gasteiger charge is 2.20. The van der Waals surface area contributed by atoms with Gasteiger partial charge >= 0.3 is 0 Å². The summed E-state index contributed by atoms with van der Waals surface area (Å²) in [6.07, 6.45) is 0. The molecule has 0 fully saturated rings. The number of anilines is 1. The van der Waals surface area contributed by atoms with Gasteiger partial charge in [0, 0.05) is 16.1 Å². The molecule has 1 N–H and O–H groups in total. The Morgan fingerprint density at radius 1 is 1.03 bits per heavy atom. The van der Waals surface area contributed by atoms with Gasteiger partial charge in [-0.1, -0.05) is 46.1 Å². The maximum atomic E-state index is 13.4. The van der Waals surface area contributed by atoms with E-state index in [-0.39, 0.29) is 37.4 Å².